The molecule has 1 amide bonds. The summed E-state index contributed by atoms with van der Waals surface area (Å²) in [6.07, 6.45) is 0.647. The zero-order valence-corrected chi connectivity index (χ0v) is 17.6. The van der Waals surface area contributed by atoms with Gasteiger partial charge in [0.25, 0.3) is 0 Å². The summed E-state index contributed by atoms with van der Waals surface area (Å²) in [5.74, 6) is 0. The topological polar surface area (TPSA) is 49.8 Å². The number of hydrogen-bond donors (Lipinski definition) is 1. The van der Waals surface area contributed by atoms with Crippen LogP contribution in [0, 0.1) is 0 Å². The molecular formula is C22H26BrNO3. The Hall–Kier alpha value is -1.85. The first-order valence-corrected chi connectivity index (χ1v) is 10.0. The summed E-state index contributed by atoms with van der Waals surface area (Å²) in [6, 6.07) is 17.6. The van der Waals surface area contributed by atoms with Crippen LogP contribution in [0.25, 0.3) is 0 Å². The van der Waals surface area contributed by atoms with Gasteiger partial charge in [0.05, 0.1) is 11.6 Å². The van der Waals surface area contributed by atoms with Crippen LogP contribution in [0.3, 0.4) is 0 Å². The molecule has 1 N–H and O–H groups in total. The van der Waals surface area contributed by atoms with Crippen LogP contribution in [0.5, 0.6) is 0 Å². The highest BCUT2D eigenvalue weighted by Gasteiger charge is 2.46. The van der Waals surface area contributed by atoms with Gasteiger partial charge in [0.2, 0.25) is 0 Å². The lowest BCUT2D eigenvalue weighted by atomic mass is 9.80. The van der Waals surface area contributed by atoms with E-state index in [9.17, 15) is 9.90 Å². The molecule has 2 aromatic carbocycles. The number of benzene rings is 2. The highest BCUT2D eigenvalue weighted by Crippen LogP contribution is 2.42. The van der Waals surface area contributed by atoms with Crippen LogP contribution in [0.4, 0.5) is 4.79 Å². The highest BCUT2D eigenvalue weighted by molar-refractivity contribution is 9.10. The van der Waals surface area contributed by atoms with Crippen molar-refractivity contribution in [3.63, 3.8) is 0 Å². The molecule has 0 saturated carbocycles. The zero-order valence-electron chi connectivity index (χ0n) is 16.0. The number of aliphatic hydroxyl groups is 1. The molecule has 3 rings (SSSR count). The van der Waals surface area contributed by atoms with Crippen molar-refractivity contribution in [2.24, 2.45) is 0 Å². The van der Waals surface area contributed by atoms with E-state index < -0.39 is 11.2 Å². The van der Waals surface area contributed by atoms with Gasteiger partial charge >= 0.3 is 6.09 Å². The number of rotatable bonds is 5. The second-order valence-corrected chi connectivity index (χ2v) is 8.80. The van der Waals surface area contributed by atoms with E-state index in [-0.39, 0.29) is 12.1 Å². The van der Waals surface area contributed by atoms with E-state index >= 15 is 0 Å². The molecule has 0 bridgehead atoms. The van der Waals surface area contributed by atoms with Crippen molar-refractivity contribution < 1.29 is 14.6 Å². The minimum Gasteiger partial charge on any atom is -0.438 e. The molecule has 0 aliphatic carbocycles. The number of carbonyl (C=O) groups excluding carboxylic acids is 1. The standard InChI is InChI=1S/C22H26BrNO3/c1-16(17-9-11-19(23)12-10-17)24-14-13-22(27-20(24)25,15-21(2,3)26)18-7-5-4-6-8-18/h4-12,16,26H,13-15H2,1-3H3. The van der Waals surface area contributed by atoms with Crippen LogP contribution in [-0.4, -0.2) is 28.2 Å². The van der Waals surface area contributed by atoms with E-state index in [0.717, 1.165) is 15.6 Å². The van der Waals surface area contributed by atoms with E-state index in [0.29, 0.717) is 19.4 Å². The van der Waals surface area contributed by atoms with Crippen LogP contribution >= 0.6 is 15.9 Å². The molecule has 4 nitrogen and oxygen atoms in total. The average Bonchev–Trinajstić information content (AvgIpc) is 2.61. The van der Waals surface area contributed by atoms with Gasteiger partial charge in [-0.15, -0.1) is 0 Å². The van der Waals surface area contributed by atoms with Gasteiger partial charge in [0.1, 0.15) is 5.60 Å². The molecule has 1 fully saturated rings. The van der Waals surface area contributed by atoms with Gasteiger partial charge in [-0.05, 0) is 44.0 Å². The molecule has 2 aromatic rings. The number of halogens is 1. The molecule has 1 saturated heterocycles. The predicted octanol–water partition coefficient (Wildman–Crippen LogP) is 5.41. The Balaban J connectivity index is 1.85. The Bertz CT molecular complexity index is 785. The average molecular weight is 432 g/mol. The third-order valence-electron chi connectivity index (χ3n) is 5.11. The first kappa shape index (κ1) is 19.9. The SMILES string of the molecule is CC(c1ccc(Br)cc1)N1CCC(CC(C)(C)O)(c2ccccc2)OC1=O. The van der Waals surface area contributed by atoms with E-state index in [1.54, 1.807) is 18.7 Å². The lowest BCUT2D eigenvalue weighted by Gasteiger charge is -2.45. The Morgan fingerprint density at radius 2 is 1.81 bits per heavy atom. The molecule has 2 atom stereocenters. The van der Waals surface area contributed by atoms with Crippen molar-refractivity contribution in [1.29, 1.82) is 0 Å². The number of cyclic esters (lactones) is 1. The summed E-state index contributed by atoms with van der Waals surface area (Å²) in [4.78, 5) is 14.7. The van der Waals surface area contributed by atoms with Crippen molar-refractivity contribution >= 4 is 22.0 Å². The third-order valence-corrected chi connectivity index (χ3v) is 5.64. The highest BCUT2D eigenvalue weighted by atomic mass is 79.9. The van der Waals surface area contributed by atoms with E-state index in [1.165, 1.54) is 0 Å². The second kappa shape index (κ2) is 7.64. The molecule has 144 valence electrons. The largest absolute Gasteiger partial charge is 0.438 e. The van der Waals surface area contributed by atoms with Gasteiger partial charge in [-0.1, -0.05) is 58.4 Å². The number of nitrogens with zero attached hydrogens (tertiary/aromatic N) is 1. The fourth-order valence-electron chi connectivity index (χ4n) is 3.81. The Morgan fingerprint density at radius 1 is 1.19 bits per heavy atom. The van der Waals surface area contributed by atoms with Crippen molar-refractivity contribution in [2.75, 3.05) is 6.54 Å². The first-order chi connectivity index (χ1) is 12.7. The molecule has 0 spiro atoms. The van der Waals surface area contributed by atoms with Gasteiger partial charge < -0.3 is 14.7 Å². The third kappa shape index (κ3) is 4.53. The maximum atomic E-state index is 13.0. The van der Waals surface area contributed by atoms with Crippen LogP contribution in [0.15, 0.2) is 59.1 Å². The molecule has 27 heavy (non-hydrogen) atoms. The van der Waals surface area contributed by atoms with Crippen molar-refractivity contribution in [1.82, 2.24) is 4.90 Å². The molecule has 1 aliphatic rings. The number of hydrogen-bond acceptors (Lipinski definition) is 3. The molecule has 0 aromatic heterocycles. The zero-order chi connectivity index (χ0) is 19.7. The number of carbonyl (C=O) groups is 1. The van der Waals surface area contributed by atoms with E-state index in [4.69, 9.17) is 4.74 Å². The quantitative estimate of drug-likeness (QED) is 0.688. The maximum absolute atomic E-state index is 13.0. The van der Waals surface area contributed by atoms with Crippen molar-refractivity contribution in [2.45, 2.75) is 50.9 Å². The van der Waals surface area contributed by atoms with E-state index in [1.807, 2.05) is 61.5 Å². The molecular weight excluding hydrogens is 406 g/mol. The summed E-state index contributed by atoms with van der Waals surface area (Å²) >= 11 is 3.44. The number of amides is 1. The van der Waals surface area contributed by atoms with Gasteiger partial charge in [-0.3, -0.25) is 0 Å². The van der Waals surface area contributed by atoms with Crippen LogP contribution < -0.4 is 0 Å². The smallest absolute Gasteiger partial charge is 0.411 e. The monoisotopic (exact) mass is 431 g/mol. The molecule has 0 radical (unpaired) electrons. The van der Waals surface area contributed by atoms with Crippen LogP contribution in [0.1, 0.15) is 50.8 Å². The minimum absolute atomic E-state index is 0.0819. The Labute approximate surface area is 169 Å². The fraction of sp³-hybridized carbons (Fsp3) is 0.409. The first-order valence-electron chi connectivity index (χ1n) is 9.23. The minimum atomic E-state index is -0.949. The Morgan fingerprint density at radius 3 is 2.37 bits per heavy atom. The van der Waals surface area contributed by atoms with Gasteiger partial charge in [0.15, 0.2) is 0 Å². The Kier molecular flexibility index (Phi) is 5.63. The van der Waals surface area contributed by atoms with Crippen molar-refractivity contribution in [3.05, 3.63) is 70.2 Å². The summed E-state index contributed by atoms with van der Waals surface area (Å²) in [5, 5.41) is 10.5. The van der Waals surface area contributed by atoms with Crippen LogP contribution in [-0.2, 0) is 10.3 Å². The summed E-state index contributed by atoms with van der Waals surface area (Å²) < 4.78 is 7.04. The van der Waals surface area contributed by atoms with Gasteiger partial charge in [-0.2, -0.15) is 0 Å². The molecule has 2 unspecified atom stereocenters. The normalized spacial score (nSPS) is 21.7. The molecule has 5 heteroatoms. The summed E-state index contributed by atoms with van der Waals surface area (Å²) in [6.45, 7) is 6.09. The summed E-state index contributed by atoms with van der Waals surface area (Å²) in [7, 11) is 0. The predicted molar refractivity (Wildman–Crippen MR) is 109 cm³/mol. The lowest BCUT2D eigenvalue weighted by Crippen LogP contribution is -2.51. The molecule has 1 aliphatic heterocycles. The second-order valence-electron chi connectivity index (χ2n) is 7.89. The number of ether oxygens (including phenoxy) is 1. The van der Waals surface area contributed by atoms with E-state index in [2.05, 4.69) is 15.9 Å². The molecule has 1 heterocycles. The van der Waals surface area contributed by atoms with Gasteiger partial charge in [0, 0.05) is 23.9 Å². The van der Waals surface area contributed by atoms with Crippen LogP contribution in [0.2, 0.25) is 0 Å². The summed E-state index contributed by atoms with van der Waals surface area (Å²) in [5.41, 5.74) is 0.226. The maximum Gasteiger partial charge on any atom is 0.411 e. The van der Waals surface area contributed by atoms with Gasteiger partial charge in [-0.25, -0.2) is 4.79 Å². The van der Waals surface area contributed by atoms with Crippen molar-refractivity contribution in [3.8, 4) is 0 Å². The lowest BCUT2D eigenvalue weighted by molar-refractivity contribution is -0.101. The fourth-order valence-corrected chi connectivity index (χ4v) is 4.08.